The number of halogens is 1. The molecule has 2 rings (SSSR count). The zero-order valence-corrected chi connectivity index (χ0v) is 12.8. The van der Waals surface area contributed by atoms with Crippen molar-refractivity contribution in [1.29, 1.82) is 0 Å². The van der Waals surface area contributed by atoms with E-state index in [4.69, 9.17) is 6.42 Å². The summed E-state index contributed by atoms with van der Waals surface area (Å²) in [5, 5.41) is 3.63. The standard InChI is InChI=1S/C15H18BrNS/c1-2-8-18-9-7-17-15-6-4-12-10-14(16)5-3-13(12)11-15/h1,3,5,10,15,17H,4,6-9,11H2. The molecular weight excluding hydrogens is 306 g/mol. The minimum absolute atomic E-state index is 0.630. The fourth-order valence-electron chi connectivity index (χ4n) is 2.36. The van der Waals surface area contributed by atoms with E-state index < -0.39 is 0 Å². The number of thioether (sulfide) groups is 1. The van der Waals surface area contributed by atoms with Crippen molar-refractivity contribution < 1.29 is 0 Å². The number of hydrogen-bond donors (Lipinski definition) is 1. The molecule has 1 N–H and O–H groups in total. The van der Waals surface area contributed by atoms with E-state index >= 15 is 0 Å². The minimum atomic E-state index is 0.630. The van der Waals surface area contributed by atoms with Gasteiger partial charge in [-0.05, 0) is 42.5 Å². The van der Waals surface area contributed by atoms with Crippen LogP contribution in [0.5, 0.6) is 0 Å². The van der Waals surface area contributed by atoms with Gasteiger partial charge in [0.25, 0.3) is 0 Å². The van der Waals surface area contributed by atoms with Gasteiger partial charge in [0, 0.05) is 22.8 Å². The van der Waals surface area contributed by atoms with Gasteiger partial charge in [-0.1, -0.05) is 27.9 Å². The van der Waals surface area contributed by atoms with E-state index in [9.17, 15) is 0 Å². The Kier molecular flexibility index (Phi) is 5.62. The average molecular weight is 324 g/mol. The van der Waals surface area contributed by atoms with Crippen molar-refractivity contribution >= 4 is 27.7 Å². The van der Waals surface area contributed by atoms with Gasteiger partial charge in [0.05, 0.1) is 5.75 Å². The number of terminal acetylenes is 1. The lowest BCUT2D eigenvalue weighted by molar-refractivity contribution is 0.472. The number of benzene rings is 1. The first kappa shape index (κ1) is 14.0. The van der Waals surface area contributed by atoms with Crippen LogP contribution in [0.3, 0.4) is 0 Å². The number of aryl methyl sites for hydroxylation is 1. The Hall–Kier alpha value is -0.430. The van der Waals surface area contributed by atoms with E-state index in [-0.39, 0.29) is 0 Å². The lowest BCUT2D eigenvalue weighted by Crippen LogP contribution is -2.35. The van der Waals surface area contributed by atoms with Gasteiger partial charge < -0.3 is 5.32 Å². The highest BCUT2D eigenvalue weighted by atomic mass is 79.9. The predicted molar refractivity (Wildman–Crippen MR) is 84.1 cm³/mol. The van der Waals surface area contributed by atoms with E-state index in [1.54, 1.807) is 0 Å². The van der Waals surface area contributed by atoms with Crippen LogP contribution in [0, 0.1) is 12.3 Å². The van der Waals surface area contributed by atoms with Gasteiger partial charge in [-0.15, -0.1) is 18.2 Å². The van der Waals surface area contributed by atoms with Crippen molar-refractivity contribution in [2.24, 2.45) is 0 Å². The van der Waals surface area contributed by atoms with Crippen molar-refractivity contribution in [3.63, 3.8) is 0 Å². The molecule has 1 aliphatic rings. The first-order valence-electron chi connectivity index (χ1n) is 6.31. The molecule has 0 radical (unpaired) electrons. The summed E-state index contributed by atoms with van der Waals surface area (Å²) in [5.41, 5.74) is 3.00. The summed E-state index contributed by atoms with van der Waals surface area (Å²) in [6.45, 7) is 1.06. The zero-order chi connectivity index (χ0) is 12.8. The van der Waals surface area contributed by atoms with Gasteiger partial charge in [0.2, 0.25) is 0 Å². The molecule has 0 bridgehead atoms. The smallest absolute Gasteiger partial charge is 0.0545 e. The average Bonchev–Trinajstić information content (AvgIpc) is 2.38. The third-order valence-corrected chi connectivity index (χ3v) is 4.62. The van der Waals surface area contributed by atoms with Gasteiger partial charge in [-0.2, -0.15) is 0 Å². The maximum absolute atomic E-state index is 5.22. The SMILES string of the molecule is C#CCSCCNC1CCc2cc(Br)ccc2C1. The van der Waals surface area contributed by atoms with Crippen molar-refractivity contribution in [3.8, 4) is 12.3 Å². The topological polar surface area (TPSA) is 12.0 Å². The molecule has 0 aromatic heterocycles. The quantitative estimate of drug-likeness (QED) is 0.659. The highest BCUT2D eigenvalue weighted by Gasteiger charge is 2.17. The summed E-state index contributed by atoms with van der Waals surface area (Å²) >= 11 is 5.36. The highest BCUT2D eigenvalue weighted by molar-refractivity contribution is 9.10. The molecule has 1 atom stereocenters. The summed E-state index contributed by atoms with van der Waals surface area (Å²) in [7, 11) is 0. The Balaban J connectivity index is 1.78. The number of rotatable bonds is 5. The number of hydrogen-bond acceptors (Lipinski definition) is 2. The molecule has 0 heterocycles. The van der Waals surface area contributed by atoms with Crippen LogP contribution in [0.4, 0.5) is 0 Å². The van der Waals surface area contributed by atoms with E-state index in [0.717, 1.165) is 24.5 Å². The molecule has 1 nitrogen and oxygen atoms in total. The van der Waals surface area contributed by atoms with Crippen LogP contribution < -0.4 is 5.32 Å². The second-order valence-electron chi connectivity index (χ2n) is 4.56. The Bertz CT molecular complexity index is 439. The highest BCUT2D eigenvalue weighted by Crippen LogP contribution is 2.24. The van der Waals surface area contributed by atoms with E-state index in [1.165, 1.54) is 28.4 Å². The Morgan fingerprint density at radius 2 is 2.33 bits per heavy atom. The molecule has 0 fully saturated rings. The molecule has 1 aromatic rings. The van der Waals surface area contributed by atoms with Crippen LogP contribution in [-0.2, 0) is 12.8 Å². The van der Waals surface area contributed by atoms with Crippen molar-refractivity contribution in [3.05, 3.63) is 33.8 Å². The van der Waals surface area contributed by atoms with E-state index in [1.807, 2.05) is 11.8 Å². The summed E-state index contributed by atoms with van der Waals surface area (Å²) in [6.07, 6.45) is 8.80. The van der Waals surface area contributed by atoms with Gasteiger partial charge in [0.15, 0.2) is 0 Å². The fourth-order valence-corrected chi connectivity index (χ4v) is 3.30. The molecule has 0 saturated heterocycles. The minimum Gasteiger partial charge on any atom is -0.313 e. The van der Waals surface area contributed by atoms with Crippen LogP contribution in [0.2, 0.25) is 0 Å². The summed E-state index contributed by atoms with van der Waals surface area (Å²) in [5.74, 6) is 4.58. The Morgan fingerprint density at radius 3 is 3.17 bits per heavy atom. The van der Waals surface area contributed by atoms with Crippen molar-refractivity contribution in [1.82, 2.24) is 5.32 Å². The second kappa shape index (κ2) is 7.23. The lowest BCUT2D eigenvalue weighted by Gasteiger charge is -2.25. The van der Waals surface area contributed by atoms with Gasteiger partial charge in [-0.3, -0.25) is 0 Å². The molecule has 0 aliphatic heterocycles. The lowest BCUT2D eigenvalue weighted by atomic mass is 9.88. The maximum atomic E-state index is 5.22. The summed E-state index contributed by atoms with van der Waals surface area (Å²) in [6, 6.07) is 7.28. The monoisotopic (exact) mass is 323 g/mol. The molecule has 18 heavy (non-hydrogen) atoms. The zero-order valence-electron chi connectivity index (χ0n) is 10.4. The predicted octanol–water partition coefficient (Wildman–Crippen LogP) is 3.26. The van der Waals surface area contributed by atoms with Crippen molar-refractivity contribution in [2.75, 3.05) is 18.1 Å². The first-order valence-corrected chi connectivity index (χ1v) is 8.26. The molecular formula is C15H18BrNS. The van der Waals surface area contributed by atoms with Crippen LogP contribution in [0.25, 0.3) is 0 Å². The fraction of sp³-hybridized carbons (Fsp3) is 0.467. The first-order chi connectivity index (χ1) is 8.79. The van der Waals surface area contributed by atoms with Crippen LogP contribution in [-0.4, -0.2) is 24.1 Å². The molecule has 1 unspecified atom stereocenters. The normalized spacial score (nSPS) is 18.1. The van der Waals surface area contributed by atoms with Gasteiger partial charge in [-0.25, -0.2) is 0 Å². The van der Waals surface area contributed by atoms with Crippen LogP contribution in [0.1, 0.15) is 17.5 Å². The summed E-state index contributed by atoms with van der Waals surface area (Å²) in [4.78, 5) is 0. The van der Waals surface area contributed by atoms with E-state index in [2.05, 4.69) is 45.4 Å². The van der Waals surface area contributed by atoms with Crippen molar-refractivity contribution in [2.45, 2.75) is 25.3 Å². The second-order valence-corrected chi connectivity index (χ2v) is 6.58. The largest absolute Gasteiger partial charge is 0.313 e. The molecule has 1 aromatic carbocycles. The van der Waals surface area contributed by atoms with Gasteiger partial charge in [0.1, 0.15) is 0 Å². The van der Waals surface area contributed by atoms with Gasteiger partial charge >= 0.3 is 0 Å². The molecule has 0 saturated carbocycles. The molecule has 1 aliphatic carbocycles. The molecule has 3 heteroatoms. The third-order valence-electron chi connectivity index (χ3n) is 3.26. The summed E-state index contributed by atoms with van der Waals surface area (Å²) < 4.78 is 1.19. The maximum Gasteiger partial charge on any atom is 0.0545 e. The Morgan fingerprint density at radius 1 is 1.44 bits per heavy atom. The van der Waals surface area contributed by atoms with Crippen LogP contribution >= 0.6 is 27.7 Å². The molecule has 96 valence electrons. The number of nitrogens with one attached hydrogen (secondary N) is 1. The molecule has 0 amide bonds. The van der Waals surface area contributed by atoms with E-state index in [0.29, 0.717) is 6.04 Å². The number of fused-ring (bicyclic) bond motifs is 1. The molecule has 0 spiro atoms. The van der Waals surface area contributed by atoms with Crippen LogP contribution in [0.15, 0.2) is 22.7 Å². The third kappa shape index (κ3) is 4.05. The Labute approximate surface area is 122 Å².